The number of aryl methyl sites for hydroxylation is 2. The first-order valence-electron chi connectivity index (χ1n) is 8.59. The molecule has 0 spiro atoms. The number of carbonyl (C=O) groups excluding carboxylic acids is 2. The fourth-order valence-corrected chi connectivity index (χ4v) is 3.36. The van der Waals surface area contributed by atoms with Crippen molar-refractivity contribution >= 4 is 23.3 Å². The molecule has 0 aliphatic carbocycles. The SMILES string of the molecule is Cc1cc(CC(=O)N2C[C@H](O)C[C@H]2C(=O)CCc2ccc(Cl)cc2)on1. The lowest BCUT2D eigenvalue weighted by atomic mass is 10.0. The van der Waals surface area contributed by atoms with Crippen molar-refractivity contribution in [3.63, 3.8) is 0 Å². The summed E-state index contributed by atoms with van der Waals surface area (Å²) in [7, 11) is 0. The van der Waals surface area contributed by atoms with Gasteiger partial charge in [0.1, 0.15) is 5.76 Å². The number of hydrogen-bond acceptors (Lipinski definition) is 5. The smallest absolute Gasteiger partial charge is 0.231 e. The van der Waals surface area contributed by atoms with Crippen LogP contribution in [0.15, 0.2) is 34.9 Å². The monoisotopic (exact) mass is 376 g/mol. The van der Waals surface area contributed by atoms with Crippen LogP contribution in [0.2, 0.25) is 5.02 Å². The van der Waals surface area contributed by atoms with Crippen LogP contribution in [0.4, 0.5) is 0 Å². The summed E-state index contributed by atoms with van der Waals surface area (Å²) in [4.78, 5) is 26.7. The summed E-state index contributed by atoms with van der Waals surface area (Å²) in [5.41, 5.74) is 1.71. The molecule has 7 heteroatoms. The van der Waals surface area contributed by atoms with E-state index in [9.17, 15) is 14.7 Å². The Bertz CT molecular complexity index is 787. The van der Waals surface area contributed by atoms with Gasteiger partial charge in [-0.1, -0.05) is 28.9 Å². The third-order valence-electron chi connectivity index (χ3n) is 4.55. The zero-order chi connectivity index (χ0) is 18.7. The number of hydrogen-bond donors (Lipinski definition) is 1. The van der Waals surface area contributed by atoms with Crippen molar-refractivity contribution in [1.82, 2.24) is 10.1 Å². The van der Waals surface area contributed by atoms with Crippen molar-refractivity contribution in [2.75, 3.05) is 6.54 Å². The van der Waals surface area contributed by atoms with Crippen LogP contribution in [0.3, 0.4) is 0 Å². The van der Waals surface area contributed by atoms with Crippen molar-refractivity contribution in [3.8, 4) is 0 Å². The van der Waals surface area contributed by atoms with Gasteiger partial charge in [0.25, 0.3) is 0 Å². The Morgan fingerprint density at radius 1 is 1.35 bits per heavy atom. The predicted octanol–water partition coefficient (Wildman–Crippen LogP) is 2.34. The number of aromatic nitrogens is 1. The maximum absolute atomic E-state index is 12.6. The summed E-state index contributed by atoms with van der Waals surface area (Å²) in [5.74, 6) is 0.183. The number of aliphatic hydroxyl groups is 1. The molecular formula is C19H21ClN2O4. The van der Waals surface area contributed by atoms with Crippen molar-refractivity contribution in [3.05, 3.63) is 52.4 Å². The van der Waals surface area contributed by atoms with Crippen LogP contribution >= 0.6 is 11.6 Å². The van der Waals surface area contributed by atoms with E-state index in [0.29, 0.717) is 29.3 Å². The van der Waals surface area contributed by atoms with Gasteiger partial charge < -0.3 is 14.5 Å². The molecule has 2 heterocycles. The summed E-state index contributed by atoms with van der Waals surface area (Å²) in [5, 5.41) is 14.4. The Morgan fingerprint density at radius 2 is 2.08 bits per heavy atom. The van der Waals surface area contributed by atoms with E-state index in [4.69, 9.17) is 16.1 Å². The number of halogens is 1. The molecule has 1 aliphatic rings. The minimum Gasteiger partial charge on any atom is -0.391 e. The van der Waals surface area contributed by atoms with Gasteiger partial charge in [0.2, 0.25) is 5.91 Å². The summed E-state index contributed by atoms with van der Waals surface area (Å²) in [6.45, 7) is 1.95. The first kappa shape index (κ1) is 18.6. The van der Waals surface area contributed by atoms with E-state index in [2.05, 4.69) is 5.16 Å². The summed E-state index contributed by atoms with van der Waals surface area (Å²) in [6.07, 6.45) is 0.519. The minimum atomic E-state index is -0.681. The van der Waals surface area contributed by atoms with Crippen molar-refractivity contribution < 1.29 is 19.2 Å². The molecule has 1 amide bonds. The zero-order valence-electron chi connectivity index (χ0n) is 14.5. The van der Waals surface area contributed by atoms with Gasteiger partial charge in [-0.25, -0.2) is 0 Å². The van der Waals surface area contributed by atoms with Crippen LogP contribution in [0.25, 0.3) is 0 Å². The zero-order valence-corrected chi connectivity index (χ0v) is 15.3. The molecule has 0 unspecified atom stereocenters. The van der Waals surface area contributed by atoms with Crippen LogP contribution in [0.1, 0.15) is 29.9 Å². The topological polar surface area (TPSA) is 83.6 Å². The molecule has 1 aromatic carbocycles. The Hall–Kier alpha value is -2.18. The molecule has 138 valence electrons. The number of rotatable bonds is 6. The molecule has 0 bridgehead atoms. The van der Waals surface area contributed by atoms with Gasteiger partial charge in [0.15, 0.2) is 5.78 Å². The number of carbonyl (C=O) groups is 2. The number of aliphatic hydroxyl groups excluding tert-OH is 1. The number of β-amino-alcohol motifs (C(OH)–C–C–N with tert-alkyl or cyclic N) is 1. The number of nitrogens with zero attached hydrogens (tertiary/aromatic N) is 2. The van der Waals surface area contributed by atoms with Gasteiger partial charge in [-0.05, 0) is 31.0 Å². The maximum atomic E-state index is 12.6. The highest BCUT2D eigenvalue weighted by atomic mass is 35.5. The molecule has 1 saturated heterocycles. The lowest BCUT2D eigenvalue weighted by Gasteiger charge is -2.23. The van der Waals surface area contributed by atoms with E-state index < -0.39 is 12.1 Å². The van der Waals surface area contributed by atoms with Crippen LogP contribution in [-0.2, 0) is 22.4 Å². The quantitative estimate of drug-likeness (QED) is 0.836. The van der Waals surface area contributed by atoms with Crippen molar-refractivity contribution in [1.29, 1.82) is 0 Å². The van der Waals surface area contributed by atoms with Gasteiger partial charge in [-0.2, -0.15) is 0 Å². The highest BCUT2D eigenvalue weighted by molar-refractivity contribution is 6.30. The second-order valence-corrected chi connectivity index (χ2v) is 7.09. The molecule has 1 aliphatic heterocycles. The number of Topliss-reactive ketones (excluding diaryl/α,β-unsaturated/α-hetero) is 1. The van der Waals surface area contributed by atoms with E-state index in [-0.39, 0.29) is 31.1 Å². The Kier molecular flexibility index (Phi) is 5.74. The Balaban J connectivity index is 1.61. The van der Waals surface area contributed by atoms with Gasteiger partial charge in [0.05, 0.1) is 24.3 Å². The fraction of sp³-hybridized carbons (Fsp3) is 0.421. The molecule has 1 aromatic heterocycles. The molecule has 1 N–H and O–H groups in total. The Labute approximate surface area is 156 Å². The average Bonchev–Trinajstić information content (AvgIpc) is 3.19. The predicted molar refractivity (Wildman–Crippen MR) is 95.8 cm³/mol. The lowest BCUT2D eigenvalue weighted by Crippen LogP contribution is -2.41. The van der Waals surface area contributed by atoms with E-state index in [1.165, 1.54) is 4.90 Å². The van der Waals surface area contributed by atoms with Crippen LogP contribution in [0.5, 0.6) is 0 Å². The minimum absolute atomic E-state index is 0.0362. The first-order chi connectivity index (χ1) is 12.4. The normalized spacial score (nSPS) is 19.7. The maximum Gasteiger partial charge on any atom is 0.231 e. The van der Waals surface area contributed by atoms with E-state index in [1.807, 2.05) is 12.1 Å². The highest BCUT2D eigenvalue weighted by Gasteiger charge is 2.38. The van der Waals surface area contributed by atoms with Crippen LogP contribution < -0.4 is 0 Å². The van der Waals surface area contributed by atoms with Gasteiger partial charge in [0, 0.05) is 30.5 Å². The molecular weight excluding hydrogens is 356 g/mol. The molecule has 2 atom stereocenters. The van der Waals surface area contributed by atoms with Gasteiger partial charge in [-0.15, -0.1) is 0 Å². The molecule has 0 saturated carbocycles. The molecule has 0 radical (unpaired) electrons. The molecule has 6 nitrogen and oxygen atoms in total. The average molecular weight is 377 g/mol. The highest BCUT2D eigenvalue weighted by Crippen LogP contribution is 2.22. The van der Waals surface area contributed by atoms with Crippen molar-refractivity contribution in [2.24, 2.45) is 0 Å². The Morgan fingerprint density at radius 3 is 2.73 bits per heavy atom. The second-order valence-electron chi connectivity index (χ2n) is 6.66. The molecule has 26 heavy (non-hydrogen) atoms. The van der Waals surface area contributed by atoms with E-state index in [0.717, 1.165) is 5.56 Å². The third-order valence-corrected chi connectivity index (χ3v) is 4.80. The summed E-state index contributed by atoms with van der Waals surface area (Å²) in [6, 6.07) is 8.45. The second kappa shape index (κ2) is 8.01. The van der Waals surface area contributed by atoms with Gasteiger partial charge >= 0.3 is 0 Å². The largest absolute Gasteiger partial charge is 0.391 e. The van der Waals surface area contributed by atoms with Crippen LogP contribution in [-0.4, -0.2) is 45.5 Å². The third kappa shape index (κ3) is 4.51. The first-order valence-corrected chi connectivity index (χ1v) is 8.97. The van der Waals surface area contributed by atoms with E-state index >= 15 is 0 Å². The van der Waals surface area contributed by atoms with E-state index in [1.54, 1.807) is 25.1 Å². The fourth-order valence-electron chi connectivity index (χ4n) is 3.23. The molecule has 3 rings (SSSR count). The molecule has 1 fully saturated rings. The summed E-state index contributed by atoms with van der Waals surface area (Å²) >= 11 is 5.86. The number of benzene rings is 1. The summed E-state index contributed by atoms with van der Waals surface area (Å²) < 4.78 is 5.08. The van der Waals surface area contributed by atoms with Crippen molar-refractivity contribution in [2.45, 2.75) is 44.8 Å². The standard InChI is InChI=1S/C19H21ClN2O4/c1-12-8-16(26-21-12)10-19(25)22-11-15(23)9-17(22)18(24)7-4-13-2-5-14(20)6-3-13/h2-3,5-6,8,15,17,23H,4,7,9-11H2,1H3/t15-,17+/m1/s1. The molecule has 2 aromatic rings. The van der Waals surface area contributed by atoms with Gasteiger partial charge in [-0.3, -0.25) is 9.59 Å². The van der Waals surface area contributed by atoms with Crippen LogP contribution in [0, 0.1) is 6.92 Å². The lowest BCUT2D eigenvalue weighted by molar-refractivity contribution is -0.137. The number of ketones is 1. The number of likely N-dealkylation sites (tertiary alicyclic amines) is 1. The number of amides is 1.